The molecule has 7 heteroatoms. The normalized spacial score (nSPS) is 10.2. The molecule has 0 aliphatic carbocycles. The average Bonchev–Trinajstić information content (AvgIpc) is 2.48. The number of nitrogens with zero attached hydrogens (tertiary/aromatic N) is 1. The van der Waals surface area contributed by atoms with Crippen LogP contribution >= 0.6 is 27.5 Å². The first-order valence-electron chi connectivity index (χ1n) is 6.02. The van der Waals surface area contributed by atoms with Gasteiger partial charge in [0.25, 0.3) is 5.69 Å². The van der Waals surface area contributed by atoms with E-state index in [2.05, 4.69) is 21.2 Å². The van der Waals surface area contributed by atoms with E-state index in [0.29, 0.717) is 22.9 Å². The number of rotatable bonds is 5. The van der Waals surface area contributed by atoms with Crippen molar-refractivity contribution in [1.29, 1.82) is 0 Å². The van der Waals surface area contributed by atoms with Gasteiger partial charge < -0.3 is 10.1 Å². The minimum Gasteiger partial charge on any atom is -0.496 e. The maximum absolute atomic E-state index is 10.8. The second kappa shape index (κ2) is 6.78. The van der Waals surface area contributed by atoms with Gasteiger partial charge in [0.1, 0.15) is 5.75 Å². The van der Waals surface area contributed by atoms with E-state index in [1.54, 1.807) is 12.1 Å². The summed E-state index contributed by atoms with van der Waals surface area (Å²) in [5.41, 5.74) is 1.52. The van der Waals surface area contributed by atoms with E-state index >= 15 is 0 Å². The van der Waals surface area contributed by atoms with Crippen molar-refractivity contribution < 1.29 is 9.66 Å². The number of nitro benzene ring substituents is 1. The van der Waals surface area contributed by atoms with Gasteiger partial charge in [0, 0.05) is 24.2 Å². The van der Waals surface area contributed by atoms with Crippen LogP contribution in [0.5, 0.6) is 5.75 Å². The quantitative estimate of drug-likeness (QED) is 0.614. The molecule has 0 fully saturated rings. The van der Waals surface area contributed by atoms with Crippen LogP contribution in [0.2, 0.25) is 5.02 Å². The van der Waals surface area contributed by atoms with Gasteiger partial charge in [-0.05, 0) is 34.1 Å². The number of nitro groups is 1. The lowest BCUT2D eigenvalue weighted by atomic mass is 10.1. The molecule has 0 heterocycles. The van der Waals surface area contributed by atoms with Gasteiger partial charge in [0.05, 0.1) is 27.2 Å². The van der Waals surface area contributed by atoms with Crippen LogP contribution in [-0.2, 0) is 6.54 Å². The topological polar surface area (TPSA) is 64.4 Å². The number of hydrogen-bond acceptors (Lipinski definition) is 4. The summed E-state index contributed by atoms with van der Waals surface area (Å²) >= 11 is 9.41. The monoisotopic (exact) mass is 370 g/mol. The number of halogens is 2. The van der Waals surface area contributed by atoms with Crippen LogP contribution in [0.15, 0.2) is 40.9 Å². The molecule has 1 N–H and O–H groups in total. The maximum Gasteiger partial charge on any atom is 0.270 e. The van der Waals surface area contributed by atoms with Gasteiger partial charge in [-0.15, -0.1) is 0 Å². The highest BCUT2D eigenvalue weighted by atomic mass is 79.9. The van der Waals surface area contributed by atoms with E-state index in [0.717, 1.165) is 10.2 Å². The third-order valence-electron chi connectivity index (χ3n) is 2.90. The van der Waals surface area contributed by atoms with Crippen LogP contribution in [0.1, 0.15) is 5.56 Å². The largest absolute Gasteiger partial charge is 0.496 e. The van der Waals surface area contributed by atoms with Crippen LogP contribution in [-0.4, -0.2) is 12.0 Å². The van der Waals surface area contributed by atoms with Crippen LogP contribution in [0.25, 0.3) is 0 Å². The molecular weight excluding hydrogens is 360 g/mol. The lowest BCUT2D eigenvalue weighted by molar-refractivity contribution is -0.384. The molecule has 110 valence electrons. The maximum atomic E-state index is 10.8. The predicted octanol–water partition coefficient (Wildman–Crippen LogP) is 4.63. The number of methoxy groups -OCH3 is 1. The fourth-order valence-corrected chi connectivity index (χ4v) is 2.43. The fraction of sp³-hybridized carbons (Fsp3) is 0.143. The van der Waals surface area contributed by atoms with Crippen molar-refractivity contribution in [2.75, 3.05) is 12.4 Å². The lowest BCUT2D eigenvalue weighted by Crippen LogP contribution is -2.03. The number of ether oxygens (including phenoxy) is 1. The zero-order chi connectivity index (χ0) is 15.4. The minimum absolute atomic E-state index is 0.0257. The molecule has 0 amide bonds. The Morgan fingerprint density at radius 2 is 2.14 bits per heavy atom. The molecule has 5 nitrogen and oxygen atoms in total. The van der Waals surface area contributed by atoms with Crippen molar-refractivity contribution in [2.45, 2.75) is 6.54 Å². The lowest BCUT2D eigenvalue weighted by Gasteiger charge is -2.12. The van der Waals surface area contributed by atoms with Crippen LogP contribution in [0.4, 0.5) is 11.4 Å². The molecule has 0 aliphatic heterocycles. The fourth-order valence-electron chi connectivity index (χ4n) is 1.85. The van der Waals surface area contributed by atoms with Crippen molar-refractivity contribution in [2.24, 2.45) is 0 Å². The number of hydrogen-bond donors (Lipinski definition) is 1. The summed E-state index contributed by atoms with van der Waals surface area (Å²) in [6, 6.07) is 9.94. The smallest absolute Gasteiger partial charge is 0.270 e. The molecule has 0 aliphatic rings. The summed E-state index contributed by atoms with van der Waals surface area (Å²) in [6.07, 6.45) is 0. The molecular formula is C14H12BrClN2O3. The Hall–Kier alpha value is -1.79. The van der Waals surface area contributed by atoms with Gasteiger partial charge in [-0.2, -0.15) is 0 Å². The van der Waals surface area contributed by atoms with E-state index in [4.69, 9.17) is 16.3 Å². The highest BCUT2D eigenvalue weighted by Crippen LogP contribution is 2.31. The van der Waals surface area contributed by atoms with Gasteiger partial charge >= 0.3 is 0 Å². The summed E-state index contributed by atoms with van der Waals surface area (Å²) < 4.78 is 5.97. The summed E-state index contributed by atoms with van der Waals surface area (Å²) in [4.78, 5) is 10.4. The molecule has 0 spiro atoms. The zero-order valence-corrected chi connectivity index (χ0v) is 13.4. The number of non-ortho nitro benzene ring substituents is 1. The van der Waals surface area contributed by atoms with Gasteiger partial charge in [0.15, 0.2) is 0 Å². The van der Waals surface area contributed by atoms with Crippen molar-refractivity contribution in [3.05, 3.63) is 61.6 Å². The second-order valence-electron chi connectivity index (χ2n) is 4.21. The third-order valence-corrected chi connectivity index (χ3v) is 4.29. The summed E-state index contributed by atoms with van der Waals surface area (Å²) in [5.74, 6) is 0.589. The minimum atomic E-state index is -0.432. The summed E-state index contributed by atoms with van der Waals surface area (Å²) in [7, 11) is 1.53. The second-order valence-corrected chi connectivity index (χ2v) is 5.41. The van der Waals surface area contributed by atoms with E-state index in [1.165, 1.54) is 19.2 Å². The Balaban J connectivity index is 2.24. The Morgan fingerprint density at radius 3 is 2.81 bits per heavy atom. The Morgan fingerprint density at radius 1 is 1.38 bits per heavy atom. The van der Waals surface area contributed by atoms with Crippen molar-refractivity contribution in [3.63, 3.8) is 0 Å². The highest BCUT2D eigenvalue weighted by Gasteiger charge is 2.12. The molecule has 0 saturated carbocycles. The molecule has 2 aromatic carbocycles. The van der Waals surface area contributed by atoms with Crippen molar-refractivity contribution in [3.8, 4) is 5.75 Å². The molecule has 0 saturated heterocycles. The molecule has 0 unspecified atom stereocenters. The molecule has 0 radical (unpaired) electrons. The first-order valence-corrected chi connectivity index (χ1v) is 7.19. The molecule has 2 rings (SSSR count). The summed E-state index contributed by atoms with van der Waals surface area (Å²) in [6.45, 7) is 0.379. The van der Waals surface area contributed by atoms with Crippen LogP contribution < -0.4 is 10.1 Å². The van der Waals surface area contributed by atoms with E-state index in [-0.39, 0.29) is 5.69 Å². The Labute approximate surface area is 135 Å². The third kappa shape index (κ3) is 3.65. The van der Waals surface area contributed by atoms with Crippen molar-refractivity contribution >= 4 is 38.9 Å². The number of nitrogens with one attached hydrogen (secondary N) is 1. The Bertz CT molecular complexity index is 679. The van der Waals surface area contributed by atoms with Crippen LogP contribution in [0.3, 0.4) is 0 Å². The standard InChI is InChI=1S/C14H12BrClN2O3/c1-21-13-6-5-10(18(19)20)7-9(13)8-17-12-4-2-3-11(16)14(12)15/h2-7,17H,8H2,1H3. The SMILES string of the molecule is COc1ccc([N+](=O)[O-])cc1CNc1cccc(Cl)c1Br. The summed E-state index contributed by atoms with van der Waals surface area (Å²) in [5, 5.41) is 14.6. The van der Waals surface area contributed by atoms with Crippen LogP contribution in [0, 0.1) is 10.1 Å². The molecule has 0 atom stereocenters. The Kier molecular flexibility index (Phi) is 5.03. The highest BCUT2D eigenvalue weighted by molar-refractivity contribution is 9.10. The van der Waals surface area contributed by atoms with E-state index in [1.807, 2.05) is 12.1 Å². The van der Waals surface area contributed by atoms with Gasteiger partial charge in [0.2, 0.25) is 0 Å². The van der Waals surface area contributed by atoms with Gasteiger partial charge in [-0.25, -0.2) is 0 Å². The molecule has 0 bridgehead atoms. The number of benzene rings is 2. The zero-order valence-electron chi connectivity index (χ0n) is 11.1. The first-order chi connectivity index (χ1) is 10.0. The first kappa shape index (κ1) is 15.6. The molecule has 2 aromatic rings. The van der Waals surface area contributed by atoms with Gasteiger partial charge in [-0.3, -0.25) is 10.1 Å². The molecule has 21 heavy (non-hydrogen) atoms. The van der Waals surface area contributed by atoms with Crippen molar-refractivity contribution in [1.82, 2.24) is 0 Å². The predicted molar refractivity (Wildman–Crippen MR) is 86.1 cm³/mol. The average molecular weight is 372 g/mol. The molecule has 0 aromatic heterocycles. The van der Waals surface area contributed by atoms with E-state index in [9.17, 15) is 10.1 Å². The number of anilines is 1. The van der Waals surface area contributed by atoms with Gasteiger partial charge in [-0.1, -0.05) is 17.7 Å². The van der Waals surface area contributed by atoms with E-state index < -0.39 is 4.92 Å².